The van der Waals surface area contributed by atoms with E-state index in [2.05, 4.69) is 9.97 Å². The molecular weight excluding hydrogens is 358 g/mol. The van der Waals surface area contributed by atoms with Crippen molar-refractivity contribution < 1.29 is 18.0 Å². The average Bonchev–Trinajstić information content (AvgIpc) is 3.01. The highest BCUT2D eigenvalue weighted by Gasteiger charge is 2.33. The van der Waals surface area contributed by atoms with Crippen molar-refractivity contribution in [2.45, 2.75) is 19.4 Å². The Bertz CT molecular complexity index is 777. The Kier molecular flexibility index (Phi) is 5.40. The van der Waals surface area contributed by atoms with Gasteiger partial charge in [0.05, 0.1) is 11.5 Å². The minimum atomic E-state index is -3.02. The summed E-state index contributed by atoms with van der Waals surface area (Å²) in [5.41, 5.74) is 0.286. The standard InChI is InChI=1S/C16H23N5O4S/c1-2-21(13-4-10-26(24,25)11-13)16-17-5-3-14(18-16)15(23)20-8-6-19(12-22)7-9-20/h3,5,12-13H,2,4,6-11H2,1H3. The summed E-state index contributed by atoms with van der Waals surface area (Å²) in [7, 11) is -3.02. The topological polar surface area (TPSA) is 104 Å². The first-order chi connectivity index (χ1) is 12.4. The third-order valence-electron chi connectivity index (χ3n) is 4.86. The first-order valence-corrected chi connectivity index (χ1v) is 10.5. The van der Waals surface area contributed by atoms with Gasteiger partial charge in [0.25, 0.3) is 5.91 Å². The molecule has 9 nitrogen and oxygen atoms in total. The number of piperazine rings is 1. The molecule has 2 fully saturated rings. The summed E-state index contributed by atoms with van der Waals surface area (Å²) >= 11 is 0. The van der Waals surface area contributed by atoms with Gasteiger partial charge < -0.3 is 14.7 Å². The van der Waals surface area contributed by atoms with E-state index in [4.69, 9.17) is 0 Å². The van der Waals surface area contributed by atoms with E-state index in [1.165, 1.54) is 6.20 Å². The lowest BCUT2D eigenvalue weighted by molar-refractivity contribution is -0.119. The highest BCUT2D eigenvalue weighted by Crippen LogP contribution is 2.21. The number of aromatic nitrogens is 2. The molecule has 3 rings (SSSR count). The van der Waals surface area contributed by atoms with Gasteiger partial charge in [0.2, 0.25) is 12.4 Å². The van der Waals surface area contributed by atoms with Crippen LogP contribution >= 0.6 is 0 Å². The van der Waals surface area contributed by atoms with E-state index in [0.717, 1.165) is 6.41 Å². The minimum absolute atomic E-state index is 0.0933. The van der Waals surface area contributed by atoms with Crippen LogP contribution in [0, 0.1) is 0 Å². The van der Waals surface area contributed by atoms with Gasteiger partial charge in [-0.1, -0.05) is 0 Å². The van der Waals surface area contributed by atoms with Crippen LogP contribution in [0.25, 0.3) is 0 Å². The van der Waals surface area contributed by atoms with Gasteiger partial charge in [-0.3, -0.25) is 9.59 Å². The summed E-state index contributed by atoms with van der Waals surface area (Å²) in [6, 6.07) is 1.41. The van der Waals surface area contributed by atoms with E-state index in [9.17, 15) is 18.0 Å². The third kappa shape index (κ3) is 3.95. The molecule has 26 heavy (non-hydrogen) atoms. The van der Waals surface area contributed by atoms with E-state index in [-0.39, 0.29) is 29.1 Å². The van der Waals surface area contributed by atoms with Gasteiger partial charge in [-0.25, -0.2) is 18.4 Å². The van der Waals surface area contributed by atoms with Crippen LogP contribution in [-0.4, -0.2) is 90.8 Å². The molecule has 1 unspecified atom stereocenters. The predicted molar refractivity (Wildman–Crippen MR) is 95.7 cm³/mol. The molecule has 3 heterocycles. The van der Waals surface area contributed by atoms with Crippen molar-refractivity contribution in [1.82, 2.24) is 19.8 Å². The summed E-state index contributed by atoms with van der Waals surface area (Å²) in [6.45, 7) is 4.43. The van der Waals surface area contributed by atoms with Crippen LogP contribution in [0.3, 0.4) is 0 Å². The van der Waals surface area contributed by atoms with Crippen molar-refractivity contribution in [2.75, 3.05) is 49.1 Å². The molecule has 0 saturated carbocycles. The van der Waals surface area contributed by atoms with Crippen molar-refractivity contribution in [3.63, 3.8) is 0 Å². The van der Waals surface area contributed by atoms with Crippen molar-refractivity contribution in [3.8, 4) is 0 Å². The maximum Gasteiger partial charge on any atom is 0.272 e. The lowest BCUT2D eigenvalue weighted by Gasteiger charge is -2.32. The zero-order valence-corrected chi connectivity index (χ0v) is 15.6. The van der Waals surface area contributed by atoms with Gasteiger partial charge in [0, 0.05) is 45.0 Å². The molecule has 2 aliphatic heterocycles. The molecule has 0 aromatic carbocycles. The Balaban J connectivity index is 1.75. The molecule has 2 amide bonds. The second kappa shape index (κ2) is 7.56. The van der Waals surface area contributed by atoms with Crippen LogP contribution in [0.15, 0.2) is 12.3 Å². The molecular formula is C16H23N5O4S. The molecule has 0 radical (unpaired) electrons. The minimum Gasteiger partial charge on any atom is -0.342 e. The first-order valence-electron chi connectivity index (χ1n) is 8.72. The highest BCUT2D eigenvalue weighted by atomic mass is 32.2. The fourth-order valence-electron chi connectivity index (χ4n) is 3.38. The van der Waals surface area contributed by atoms with Crippen molar-refractivity contribution in [3.05, 3.63) is 18.0 Å². The number of nitrogens with zero attached hydrogens (tertiary/aromatic N) is 5. The zero-order chi connectivity index (χ0) is 18.7. The zero-order valence-electron chi connectivity index (χ0n) is 14.7. The summed E-state index contributed by atoms with van der Waals surface area (Å²) in [6.07, 6.45) is 2.87. The van der Waals surface area contributed by atoms with E-state index < -0.39 is 9.84 Å². The monoisotopic (exact) mass is 381 g/mol. The molecule has 142 valence electrons. The van der Waals surface area contributed by atoms with Gasteiger partial charge in [-0.15, -0.1) is 0 Å². The number of sulfone groups is 1. The smallest absolute Gasteiger partial charge is 0.272 e. The predicted octanol–water partition coefficient (Wildman–Crippen LogP) is -0.596. The number of rotatable bonds is 5. The fraction of sp³-hybridized carbons (Fsp3) is 0.625. The lowest BCUT2D eigenvalue weighted by atomic mass is 10.2. The van der Waals surface area contributed by atoms with Gasteiger partial charge >= 0.3 is 0 Å². The third-order valence-corrected chi connectivity index (χ3v) is 6.61. The fourth-order valence-corrected chi connectivity index (χ4v) is 5.11. The summed E-state index contributed by atoms with van der Waals surface area (Å²) in [5, 5.41) is 0. The number of carbonyl (C=O) groups excluding carboxylic acids is 2. The summed E-state index contributed by atoms with van der Waals surface area (Å²) in [4.78, 5) is 37.3. The normalized spacial score (nSPS) is 22.3. The molecule has 0 N–H and O–H groups in total. The SMILES string of the molecule is CCN(c1nccc(C(=O)N2CCN(C=O)CC2)n1)C1CCS(=O)(=O)C1. The average molecular weight is 381 g/mol. The molecule has 1 aromatic rings. The largest absolute Gasteiger partial charge is 0.342 e. The Morgan fingerprint density at radius 2 is 2.08 bits per heavy atom. The van der Waals surface area contributed by atoms with E-state index in [1.807, 2.05) is 11.8 Å². The van der Waals surface area contributed by atoms with Crippen LogP contribution in [0.2, 0.25) is 0 Å². The highest BCUT2D eigenvalue weighted by molar-refractivity contribution is 7.91. The Labute approximate surface area is 152 Å². The molecule has 0 bridgehead atoms. The molecule has 0 aliphatic carbocycles. The number of anilines is 1. The molecule has 1 aromatic heterocycles. The molecule has 2 saturated heterocycles. The summed E-state index contributed by atoms with van der Waals surface area (Å²) < 4.78 is 23.5. The van der Waals surface area contributed by atoms with E-state index in [0.29, 0.717) is 45.1 Å². The van der Waals surface area contributed by atoms with E-state index >= 15 is 0 Å². The quantitative estimate of drug-likeness (QED) is 0.628. The van der Waals surface area contributed by atoms with Crippen LogP contribution in [0.1, 0.15) is 23.8 Å². The number of hydrogen-bond acceptors (Lipinski definition) is 7. The van der Waals surface area contributed by atoms with Gasteiger partial charge in [0.15, 0.2) is 9.84 Å². The Morgan fingerprint density at radius 1 is 1.35 bits per heavy atom. The molecule has 10 heteroatoms. The van der Waals surface area contributed by atoms with Gasteiger partial charge in [-0.2, -0.15) is 0 Å². The Morgan fingerprint density at radius 3 is 2.65 bits per heavy atom. The van der Waals surface area contributed by atoms with E-state index in [1.54, 1.807) is 15.9 Å². The van der Waals surface area contributed by atoms with Gasteiger partial charge in [0.1, 0.15) is 5.69 Å². The second-order valence-electron chi connectivity index (χ2n) is 6.52. The maximum atomic E-state index is 12.7. The molecule has 1 atom stereocenters. The van der Waals surface area contributed by atoms with Crippen molar-refractivity contribution in [1.29, 1.82) is 0 Å². The maximum absolute atomic E-state index is 12.7. The molecule has 0 spiro atoms. The summed E-state index contributed by atoms with van der Waals surface area (Å²) in [5.74, 6) is 0.449. The van der Waals surface area contributed by atoms with Crippen molar-refractivity contribution in [2.24, 2.45) is 0 Å². The number of hydrogen-bond donors (Lipinski definition) is 0. The number of carbonyl (C=O) groups is 2. The van der Waals surface area contributed by atoms with Crippen LogP contribution in [0.4, 0.5) is 5.95 Å². The van der Waals surface area contributed by atoms with Gasteiger partial charge in [-0.05, 0) is 19.4 Å². The van der Waals surface area contributed by atoms with Crippen molar-refractivity contribution >= 4 is 28.1 Å². The van der Waals surface area contributed by atoms with Crippen LogP contribution < -0.4 is 4.90 Å². The Hall–Kier alpha value is -2.23. The molecule has 2 aliphatic rings. The first kappa shape index (κ1) is 18.6. The van der Waals surface area contributed by atoms with Crippen LogP contribution in [-0.2, 0) is 14.6 Å². The lowest BCUT2D eigenvalue weighted by Crippen LogP contribution is -2.48. The van der Waals surface area contributed by atoms with Crippen LogP contribution in [0.5, 0.6) is 0 Å². The number of amides is 2. The second-order valence-corrected chi connectivity index (χ2v) is 8.75.